The van der Waals surface area contributed by atoms with Gasteiger partial charge in [0.15, 0.2) is 0 Å². The van der Waals surface area contributed by atoms with Crippen LogP contribution in [0.5, 0.6) is 0 Å². The molecule has 0 aromatic rings. The third-order valence-corrected chi connectivity index (χ3v) is 3.97. The summed E-state index contributed by atoms with van der Waals surface area (Å²) in [6.07, 6.45) is 6.15. The summed E-state index contributed by atoms with van der Waals surface area (Å²) in [5.74, 6) is 0.901. The first-order chi connectivity index (χ1) is 7.72. The van der Waals surface area contributed by atoms with E-state index in [-0.39, 0.29) is 18.7 Å². The maximum absolute atomic E-state index is 9.43. The Bertz CT molecular complexity index is 179. The molecule has 2 atom stereocenters. The summed E-state index contributed by atoms with van der Waals surface area (Å²) < 4.78 is 0. The van der Waals surface area contributed by atoms with Crippen molar-refractivity contribution in [1.29, 1.82) is 0 Å². The molecule has 3 heteroatoms. The van der Waals surface area contributed by atoms with Crippen LogP contribution in [-0.2, 0) is 0 Å². The Morgan fingerprint density at radius 3 is 2.38 bits per heavy atom. The number of aliphatic hydroxyl groups excluding tert-OH is 1. The first-order valence-corrected chi connectivity index (χ1v) is 6.83. The van der Waals surface area contributed by atoms with Crippen molar-refractivity contribution in [2.24, 2.45) is 11.7 Å². The molecule has 0 aliphatic carbocycles. The molecule has 2 unspecified atom stereocenters. The Morgan fingerprint density at radius 1 is 1.31 bits per heavy atom. The molecule has 0 aromatic heterocycles. The van der Waals surface area contributed by atoms with Crippen molar-refractivity contribution in [2.45, 2.75) is 58.0 Å². The number of nitrogens with two attached hydrogens (primary N) is 1. The minimum atomic E-state index is 0.118. The number of piperidine rings is 1. The van der Waals surface area contributed by atoms with E-state index in [0.29, 0.717) is 0 Å². The second-order valence-electron chi connectivity index (χ2n) is 5.09. The molecule has 16 heavy (non-hydrogen) atoms. The zero-order valence-electron chi connectivity index (χ0n) is 10.9. The molecule has 0 aromatic carbocycles. The van der Waals surface area contributed by atoms with E-state index in [9.17, 15) is 5.11 Å². The second-order valence-corrected chi connectivity index (χ2v) is 5.09. The fourth-order valence-electron chi connectivity index (χ4n) is 2.78. The van der Waals surface area contributed by atoms with Gasteiger partial charge in [-0.05, 0) is 38.3 Å². The van der Waals surface area contributed by atoms with Gasteiger partial charge < -0.3 is 10.8 Å². The summed E-state index contributed by atoms with van der Waals surface area (Å²) in [5.41, 5.74) is 6.05. The van der Waals surface area contributed by atoms with Crippen LogP contribution >= 0.6 is 0 Å². The fraction of sp³-hybridized carbons (Fsp3) is 1.00. The lowest BCUT2D eigenvalue weighted by atomic mass is 9.91. The van der Waals surface area contributed by atoms with Crippen molar-refractivity contribution in [3.05, 3.63) is 0 Å². The Kier molecular flexibility index (Phi) is 6.32. The minimum absolute atomic E-state index is 0.118. The van der Waals surface area contributed by atoms with Crippen LogP contribution in [0, 0.1) is 5.92 Å². The number of likely N-dealkylation sites (tertiary alicyclic amines) is 1. The van der Waals surface area contributed by atoms with Crippen LogP contribution in [0.15, 0.2) is 0 Å². The number of aliphatic hydroxyl groups is 1. The van der Waals surface area contributed by atoms with E-state index >= 15 is 0 Å². The molecule has 3 nitrogen and oxygen atoms in total. The molecule has 1 aliphatic rings. The van der Waals surface area contributed by atoms with Crippen molar-refractivity contribution in [3.8, 4) is 0 Å². The summed E-state index contributed by atoms with van der Waals surface area (Å²) in [4.78, 5) is 2.39. The van der Waals surface area contributed by atoms with Gasteiger partial charge in [-0.3, -0.25) is 4.90 Å². The summed E-state index contributed by atoms with van der Waals surface area (Å²) in [6.45, 7) is 6.79. The molecule has 0 spiro atoms. The Labute approximate surface area is 100 Å². The van der Waals surface area contributed by atoms with Crippen molar-refractivity contribution < 1.29 is 5.11 Å². The highest BCUT2D eigenvalue weighted by Gasteiger charge is 2.27. The van der Waals surface area contributed by atoms with Gasteiger partial charge in [-0.2, -0.15) is 0 Å². The van der Waals surface area contributed by atoms with Gasteiger partial charge in [-0.25, -0.2) is 0 Å². The second kappa shape index (κ2) is 7.25. The van der Waals surface area contributed by atoms with Crippen LogP contribution in [0.4, 0.5) is 0 Å². The largest absolute Gasteiger partial charge is 0.395 e. The minimum Gasteiger partial charge on any atom is -0.395 e. The predicted molar refractivity (Wildman–Crippen MR) is 68.3 cm³/mol. The first-order valence-electron chi connectivity index (χ1n) is 6.83. The quantitative estimate of drug-likeness (QED) is 0.726. The molecular weight excluding hydrogens is 200 g/mol. The molecule has 3 N–H and O–H groups in total. The Morgan fingerprint density at radius 2 is 1.94 bits per heavy atom. The van der Waals surface area contributed by atoms with Crippen LogP contribution in [0.2, 0.25) is 0 Å². The van der Waals surface area contributed by atoms with E-state index in [4.69, 9.17) is 5.73 Å². The molecule has 1 saturated heterocycles. The average molecular weight is 228 g/mol. The molecular formula is C13H28N2O. The number of nitrogens with zero attached hydrogens (tertiary/aromatic N) is 1. The molecule has 1 fully saturated rings. The van der Waals surface area contributed by atoms with E-state index in [2.05, 4.69) is 18.7 Å². The SMILES string of the molecule is CCCC1CCN(C(CO)C(N)CC)CC1. The Balaban J connectivity index is 2.38. The molecule has 1 rings (SSSR count). The van der Waals surface area contributed by atoms with Crippen molar-refractivity contribution >= 4 is 0 Å². The monoisotopic (exact) mass is 228 g/mol. The zero-order valence-corrected chi connectivity index (χ0v) is 10.9. The smallest absolute Gasteiger partial charge is 0.0601 e. The molecule has 1 heterocycles. The van der Waals surface area contributed by atoms with Gasteiger partial charge in [0.25, 0.3) is 0 Å². The number of rotatable bonds is 6. The lowest BCUT2D eigenvalue weighted by molar-refractivity contribution is 0.0691. The molecule has 0 amide bonds. The van der Waals surface area contributed by atoms with Crippen molar-refractivity contribution in [2.75, 3.05) is 19.7 Å². The Hall–Kier alpha value is -0.120. The summed E-state index contributed by atoms with van der Waals surface area (Å²) >= 11 is 0. The number of hydrogen-bond donors (Lipinski definition) is 2. The van der Waals surface area contributed by atoms with Crippen LogP contribution in [-0.4, -0.2) is 41.8 Å². The van der Waals surface area contributed by atoms with Gasteiger partial charge in [-0.1, -0.05) is 26.7 Å². The number of hydrogen-bond acceptors (Lipinski definition) is 3. The van der Waals surface area contributed by atoms with E-state index in [1.807, 2.05) is 0 Å². The molecule has 0 bridgehead atoms. The van der Waals surface area contributed by atoms with Gasteiger partial charge in [0, 0.05) is 12.1 Å². The highest BCUT2D eigenvalue weighted by Crippen LogP contribution is 2.23. The van der Waals surface area contributed by atoms with E-state index in [1.54, 1.807) is 0 Å². The van der Waals surface area contributed by atoms with Crippen LogP contribution in [0.25, 0.3) is 0 Å². The molecule has 1 aliphatic heterocycles. The van der Waals surface area contributed by atoms with Crippen molar-refractivity contribution in [1.82, 2.24) is 4.90 Å². The lowest BCUT2D eigenvalue weighted by Gasteiger charge is -2.39. The molecule has 0 saturated carbocycles. The van der Waals surface area contributed by atoms with Gasteiger partial charge in [0.1, 0.15) is 0 Å². The van der Waals surface area contributed by atoms with Gasteiger partial charge >= 0.3 is 0 Å². The normalized spacial score (nSPS) is 23.2. The molecule has 0 radical (unpaired) electrons. The maximum atomic E-state index is 9.43. The van der Waals surface area contributed by atoms with Gasteiger partial charge in [0.2, 0.25) is 0 Å². The standard InChI is InChI=1S/C13H28N2O/c1-3-5-11-6-8-15(9-7-11)13(10-16)12(14)4-2/h11-13,16H,3-10,14H2,1-2H3. The van der Waals surface area contributed by atoms with Crippen LogP contribution in [0.1, 0.15) is 46.0 Å². The van der Waals surface area contributed by atoms with E-state index < -0.39 is 0 Å². The third kappa shape index (κ3) is 3.72. The highest BCUT2D eigenvalue weighted by atomic mass is 16.3. The van der Waals surface area contributed by atoms with E-state index in [1.165, 1.54) is 25.7 Å². The van der Waals surface area contributed by atoms with Crippen LogP contribution in [0.3, 0.4) is 0 Å². The fourth-order valence-corrected chi connectivity index (χ4v) is 2.78. The van der Waals surface area contributed by atoms with E-state index in [0.717, 1.165) is 25.4 Å². The summed E-state index contributed by atoms with van der Waals surface area (Å²) in [5, 5.41) is 9.43. The topological polar surface area (TPSA) is 49.5 Å². The third-order valence-electron chi connectivity index (χ3n) is 3.97. The summed E-state index contributed by atoms with van der Waals surface area (Å²) in [7, 11) is 0. The van der Waals surface area contributed by atoms with Gasteiger partial charge in [-0.15, -0.1) is 0 Å². The van der Waals surface area contributed by atoms with Crippen molar-refractivity contribution in [3.63, 3.8) is 0 Å². The maximum Gasteiger partial charge on any atom is 0.0601 e. The summed E-state index contributed by atoms with van der Waals surface area (Å²) in [6, 6.07) is 0.292. The first kappa shape index (κ1) is 13.9. The predicted octanol–water partition coefficient (Wildman–Crippen LogP) is 1.60. The molecule has 96 valence electrons. The van der Waals surface area contributed by atoms with Crippen LogP contribution < -0.4 is 5.73 Å². The zero-order chi connectivity index (χ0) is 12.0. The lowest BCUT2D eigenvalue weighted by Crippen LogP contribution is -2.52. The van der Waals surface area contributed by atoms with Gasteiger partial charge in [0.05, 0.1) is 6.61 Å². The highest BCUT2D eigenvalue weighted by molar-refractivity contribution is 4.84. The average Bonchev–Trinajstić information content (AvgIpc) is 2.32.